The van der Waals surface area contributed by atoms with E-state index in [2.05, 4.69) is 17.6 Å². The summed E-state index contributed by atoms with van der Waals surface area (Å²) in [7, 11) is 0. The highest BCUT2D eigenvalue weighted by molar-refractivity contribution is 5.74. The molecule has 0 radical (unpaired) electrons. The lowest BCUT2D eigenvalue weighted by molar-refractivity contribution is 0.196. The number of carbonyl (C=O) groups is 1. The second-order valence-corrected chi connectivity index (χ2v) is 4.73. The molecule has 0 aromatic heterocycles. The van der Waals surface area contributed by atoms with Gasteiger partial charge < -0.3 is 15.5 Å². The predicted molar refractivity (Wildman–Crippen MR) is 71.1 cm³/mol. The molecule has 2 N–H and O–H groups in total. The highest BCUT2D eigenvalue weighted by Crippen LogP contribution is 2.19. The van der Waals surface area contributed by atoms with Crippen molar-refractivity contribution in [1.29, 1.82) is 0 Å². The maximum absolute atomic E-state index is 11.8. The summed E-state index contributed by atoms with van der Waals surface area (Å²) in [4.78, 5) is 13.7. The molecule has 1 saturated heterocycles. The third kappa shape index (κ3) is 4.19. The van der Waals surface area contributed by atoms with Gasteiger partial charge in [0.15, 0.2) is 0 Å². The van der Waals surface area contributed by atoms with E-state index in [4.69, 9.17) is 0 Å². The Bertz CT molecular complexity index is 229. The molecule has 4 nitrogen and oxygen atoms in total. The molecule has 2 atom stereocenters. The lowest BCUT2D eigenvalue weighted by Crippen LogP contribution is -2.51. The smallest absolute Gasteiger partial charge is 0.317 e. The van der Waals surface area contributed by atoms with E-state index in [9.17, 15) is 4.79 Å². The van der Waals surface area contributed by atoms with E-state index in [1.807, 2.05) is 18.7 Å². The summed E-state index contributed by atoms with van der Waals surface area (Å²) in [5, 5.41) is 6.56. The molecule has 2 unspecified atom stereocenters. The second kappa shape index (κ2) is 7.54. The average molecular weight is 241 g/mol. The van der Waals surface area contributed by atoms with E-state index in [1.165, 1.54) is 19.3 Å². The van der Waals surface area contributed by atoms with Gasteiger partial charge in [0.05, 0.1) is 0 Å². The molecule has 4 heteroatoms. The average Bonchev–Trinajstić information content (AvgIpc) is 2.38. The Morgan fingerprint density at radius 3 is 2.65 bits per heavy atom. The first-order chi connectivity index (χ1) is 8.22. The van der Waals surface area contributed by atoms with Gasteiger partial charge in [0.25, 0.3) is 0 Å². The molecule has 0 aliphatic carbocycles. The Hall–Kier alpha value is -0.770. The summed E-state index contributed by atoms with van der Waals surface area (Å²) in [5.74, 6) is 0.709. The maximum atomic E-state index is 11.8. The molecule has 1 aliphatic rings. The Labute approximate surface area is 105 Å². The minimum Gasteiger partial charge on any atom is -0.336 e. The van der Waals surface area contributed by atoms with E-state index in [0.29, 0.717) is 12.0 Å². The summed E-state index contributed by atoms with van der Waals surface area (Å²) in [6, 6.07) is 0.519. The van der Waals surface area contributed by atoms with Crippen LogP contribution in [0.5, 0.6) is 0 Å². The maximum Gasteiger partial charge on any atom is 0.317 e. The van der Waals surface area contributed by atoms with Gasteiger partial charge in [0.2, 0.25) is 0 Å². The van der Waals surface area contributed by atoms with Crippen LogP contribution in [0.15, 0.2) is 0 Å². The van der Waals surface area contributed by atoms with Crippen LogP contribution in [0.25, 0.3) is 0 Å². The van der Waals surface area contributed by atoms with Crippen molar-refractivity contribution in [2.75, 3.05) is 26.2 Å². The summed E-state index contributed by atoms with van der Waals surface area (Å²) in [6.45, 7) is 9.65. The van der Waals surface area contributed by atoms with Crippen LogP contribution >= 0.6 is 0 Å². The van der Waals surface area contributed by atoms with Crippen LogP contribution in [0.4, 0.5) is 4.79 Å². The van der Waals surface area contributed by atoms with E-state index in [1.54, 1.807) is 0 Å². The third-order valence-electron chi connectivity index (χ3n) is 3.78. The third-order valence-corrected chi connectivity index (χ3v) is 3.78. The summed E-state index contributed by atoms with van der Waals surface area (Å²) in [6.07, 6.45) is 3.74. The molecule has 0 saturated carbocycles. The van der Waals surface area contributed by atoms with Crippen LogP contribution in [0.3, 0.4) is 0 Å². The zero-order valence-electron chi connectivity index (χ0n) is 11.5. The van der Waals surface area contributed by atoms with Crippen molar-refractivity contribution in [2.45, 2.75) is 46.1 Å². The quantitative estimate of drug-likeness (QED) is 0.771. The van der Waals surface area contributed by atoms with E-state index < -0.39 is 0 Å². The lowest BCUT2D eigenvalue weighted by atomic mass is 9.89. The predicted octanol–water partition coefficient (Wildman–Crippen LogP) is 1.82. The van der Waals surface area contributed by atoms with Crippen LogP contribution in [0.1, 0.15) is 40.0 Å². The number of amides is 2. The number of hydrogen-bond donors (Lipinski definition) is 2. The van der Waals surface area contributed by atoms with Gasteiger partial charge in [-0.3, -0.25) is 0 Å². The molecule has 2 amide bonds. The largest absolute Gasteiger partial charge is 0.336 e. The number of carbonyl (C=O) groups excluding carboxylic acids is 1. The number of rotatable bonds is 5. The van der Waals surface area contributed by atoms with Crippen LogP contribution in [0.2, 0.25) is 0 Å². The summed E-state index contributed by atoms with van der Waals surface area (Å²) >= 11 is 0. The van der Waals surface area contributed by atoms with Gasteiger partial charge in [-0.15, -0.1) is 0 Å². The first-order valence-corrected chi connectivity index (χ1v) is 6.99. The number of hydrogen-bond acceptors (Lipinski definition) is 2. The van der Waals surface area contributed by atoms with Crippen molar-refractivity contribution in [3.05, 3.63) is 0 Å². The monoisotopic (exact) mass is 241 g/mol. The Morgan fingerprint density at radius 1 is 1.35 bits per heavy atom. The van der Waals surface area contributed by atoms with Crippen molar-refractivity contribution in [1.82, 2.24) is 15.5 Å². The van der Waals surface area contributed by atoms with E-state index in [0.717, 1.165) is 26.2 Å². The Balaban J connectivity index is 2.35. The normalized spacial score (nSPS) is 24.4. The van der Waals surface area contributed by atoms with Crippen LogP contribution in [-0.2, 0) is 0 Å². The van der Waals surface area contributed by atoms with Gasteiger partial charge in [0, 0.05) is 25.7 Å². The highest BCUT2D eigenvalue weighted by atomic mass is 16.2. The second-order valence-electron chi connectivity index (χ2n) is 4.73. The van der Waals surface area contributed by atoms with Crippen molar-refractivity contribution in [2.24, 2.45) is 5.92 Å². The number of urea groups is 1. The number of piperidine rings is 1. The number of nitrogens with zero attached hydrogens (tertiary/aromatic N) is 1. The molecular weight excluding hydrogens is 214 g/mol. The van der Waals surface area contributed by atoms with Gasteiger partial charge in [0.1, 0.15) is 0 Å². The van der Waals surface area contributed by atoms with Gasteiger partial charge in [-0.2, -0.15) is 0 Å². The molecule has 1 heterocycles. The van der Waals surface area contributed by atoms with Crippen molar-refractivity contribution >= 4 is 6.03 Å². The topological polar surface area (TPSA) is 44.4 Å². The van der Waals surface area contributed by atoms with Crippen LogP contribution in [-0.4, -0.2) is 43.2 Å². The van der Waals surface area contributed by atoms with Crippen molar-refractivity contribution in [3.8, 4) is 0 Å². The minimum absolute atomic E-state index is 0.0669. The highest BCUT2D eigenvalue weighted by Gasteiger charge is 2.23. The minimum atomic E-state index is 0.0669. The zero-order valence-corrected chi connectivity index (χ0v) is 11.5. The molecule has 0 aromatic carbocycles. The standard InChI is InChI=1S/C13H27N3O/c1-4-11-8-7-9-14-12(11)10-15-13(17)16(5-2)6-3/h11-12,14H,4-10H2,1-3H3,(H,15,17). The van der Waals surface area contributed by atoms with Crippen molar-refractivity contribution < 1.29 is 4.79 Å². The molecule has 1 fully saturated rings. The molecule has 0 bridgehead atoms. The van der Waals surface area contributed by atoms with Gasteiger partial charge in [-0.25, -0.2) is 4.79 Å². The Kier molecular flexibility index (Phi) is 6.34. The molecule has 0 spiro atoms. The van der Waals surface area contributed by atoms with Gasteiger partial charge in [-0.1, -0.05) is 13.3 Å². The fourth-order valence-electron chi connectivity index (χ4n) is 2.57. The van der Waals surface area contributed by atoms with Gasteiger partial charge >= 0.3 is 6.03 Å². The first-order valence-electron chi connectivity index (χ1n) is 6.99. The lowest BCUT2D eigenvalue weighted by Gasteiger charge is -2.32. The SMILES string of the molecule is CCC1CCCNC1CNC(=O)N(CC)CC. The van der Waals surface area contributed by atoms with E-state index >= 15 is 0 Å². The first kappa shape index (κ1) is 14.3. The summed E-state index contributed by atoms with van der Waals surface area (Å²) in [5.41, 5.74) is 0. The number of nitrogens with one attached hydrogen (secondary N) is 2. The molecular formula is C13H27N3O. The van der Waals surface area contributed by atoms with E-state index in [-0.39, 0.29) is 6.03 Å². The molecule has 1 rings (SSSR count). The molecule has 100 valence electrons. The zero-order chi connectivity index (χ0) is 12.7. The summed E-state index contributed by atoms with van der Waals surface area (Å²) < 4.78 is 0. The molecule has 0 aromatic rings. The fraction of sp³-hybridized carbons (Fsp3) is 0.923. The van der Waals surface area contributed by atoms with Crippen molar-refractivity contribution in [3.63, 3.8) is 0 Å². The van der Waals surface area contributed by atoms with Crippen LogP contribution < -0.4 is 10.6 Å². The molecule has 1 aliphatic heterocycles. The molecule has 17 heavy (non-hydrogen) atoms. The fourth-order valence-corrected chi connectivity index (χ4v) is 2.57. The Morgan fingerprint density at radius 2 is 2.06 bits per heavy atom. The van der Waals surface area contributed by atoms with Gasteiger partial charge in [-0.05, 0) is 39.2 Å². The van der Waals surface area contributed by atoms with Crippen LogP contribution in [0, 0.1) is 5.92 Å².